The lowest BCUT2D eigenvalue weighted by Gasteiger charge is -2.12. The number of hydrogen-bond donors (Lipinski definition) is 3. The Morgan fingerprint density at radius 1 is 1.29 bits per heavy atom. The average Bonchev–Trinajstić information content (AvgIpc) is 3.41. The molecule has 0 bridgehead atoms. The number of nitrogen functional groups attached to an aromatic ring is 1. The lowest BCUT2D eigenvalue weighted by molar-refractivity contribution is 0.0960. The van der Waals surface area contributed by atoms with Crippen molar-refractivity contribution in [2.45, 2.75) is 38.5 Å². The van der Waals surface area contributed by atoms with E-state index >= 15 is 0 Å². The van der Waals surface area contributed by atoms with Gasteiger partial charge < -0.3 is 16.4 Å². The van der Waals surface area contributed by atoms with E-state index in [4.69, 9.17) is 5.73 Å². The van der Waals surface area contributed by atoms with E-state index < -0.39 is 0 Å². The van der Waals surface area contributed by atoms with Gasteiger partial charge in [-0.1, -0.05) is 18.2 Å². The summed E-state index contributed by atoms with van der Waals surface area (Å²) in [5, 5.41) is 10.2. The van der Waals surface area contributed by atoms with Crippen LogP contribution >= 0.6 is 23.1 Å². The highest BCUT2D eigenvalue weighted by atomic mass is 32.2. The van der Waals surface area contributed by atoms with Crippen LogP contribution in [0.2, 0.25) is 0 Å². The number of hydrogen-bond acceptors (Lipinski definition) is 7. The summed E-state index contributed by atoms with van der Waals surface area (Å²) in [6.45, 7) is 6.35. The lowest BCUT2D eigenvalue weighted by Crippen LogP contribution is -2.21. The first kappa shape index (κ1) is 21.8. The number of amides is 1. The van der Waals surface area contributed by atoms with Crippen molar-refractivity contribution >= 4 is 45.2 Å². The smallest absolute Gasteiger partial charge is 0.261 e. The number of nitrogens with zero attached hydrogens (tertiary/aromatic N) is 2. The average molecular weight is 454 g/mol. The zero-order valence-electron chi connectivity index (χ0n) is 17.8. The Morgan fingerprint density at radius 3 is 2.94 bits per heavy atom. The van der Waals surface area contributed by atoms with Crippen LogP contribution in [0.3, 0.4) is 0 Å². The fourth-order valence-electron chi connectivity index (χ4n) is 3.65. The van der Waals surface area contributed by atoms with Gasteiger partial charge in [-0.15, -0.1) is 23.1 Å². The highest BCUT2D eigenvalue weighted by Gasteiger charge is 2.17. The van der Waals surface area contributed by atoms with Gasteiger partial charge in [-0.2, -0.15) is 0 Å². The Labute approximate surface area is 190 Å². The van der Waals surface area contributed by atoms with Crippen molar-refractivity contribution in [2.24, 2.45) is 0 Å². The Bertz CT molecular complexity index is 1120. The van der Waals surface area contributed by atoms with Gasteiger partial charge in [0.1, 0.15) is 4.83 Å². The minimum Gasteiger partial charge on any atom is -0.368 e. The van der Waals surface area contributed by atoms with Crippen molar-refractivity contribution in [1.82, 2.24) is 20.6 Å². The Morgan fingerprint density at radius 2 is 2.16 bits per heavy atom. The van der Waals surface area contributed by atoms with Crippen molar-refractivity contribution in [2.75, 3.05) is 18.8 Å². The molecule has 3 heterocycles. The van der Waals surface area contributed by atoms with E-state index in [1.807, 2.05) is 24.8 Å². The van der Waals surface area contributed by atoms with Crippen LogP contribution in [-0.2, 0) is 6.54 Å². The topological polar surface area (TPSA) is 92.9 Å². The maximum absolute atomic E-state index is 12.3. The maximum Gasteiger partial charge on any atom is 0.261 e. The fourth-order valence-corrected chi connectivity index (χ4v) is 5.52. The quantitative estimate of drug-likeness (QED) is 0.435. The molecule has 0 aliphatic carbocycles. The molecule has 4 rings (SSSR count). The van der Waals surface area contributed by atoms with Gasteiger partial charge in [-0.25, -0.2) is 9.97 Å². The van der Waals surface area contributed by atoms with Crippen LogP contribution in [0.25, 0.3) is 21.5 Å². The van der Waals surface area contributed by atoms with Crippen LogP contribution in [0.5, 0.6) is 0 Å². The summed E-state index contributed by atoms with van der Waals surface area (Å²) in [4.78, 5) is 22.6. The molecule has 1 atom stereocenters. The summed E-state index contributed by atoms with van der Waals surface area (Å²) in [7, 11) is 0. The first-order chi connectivity index (χ1) is 15.0. The fraction of sp³-hybridized carbons (Fsp3) is 0.348. The number of rotatable bonds is 8. The molecular formula is C23H27N5OS2. The number of thioether (sulfide) groups is 1. The van der Waals surface area contributed by atoms with Crippen molar-refractivity contribution < 1.29 is 4.79 Å². The first-order valence-electron chi connectivity index (χ1n) is 10.5. The maximum atomic E-state index is 12.3. The van der Waals surface area contributed by atoms with Crippen LogP contribution in [0.1, 0.15) is 40.6 Å². The van der Waals surface area contributed by atoms with Crippen LogP contribution in [-0.4, -0.2) is 34.2 Å². The summed E-state index contributed by atoms with van der Waals surface area (Å²) in [5.41, 5.74) is 10.1. The summed E-state index contributed by atoms with van der Waals surface area (Å²) >= 11 is 3.27. The molecule has 0 saturated carbocycles. The van der Waals surface area contributed by atoms with Crippen molar-refractivity contribution in [3.05, 3.63) is 51.8 Å². The largest absolute Gasteiger partial charge is 0.368 e. The lowest BCUT2D eigenvalue weighted by atomic mass is 10.00. The third-order valence-electron chi connectivity index (χ3n) is 5.27. The monoisotopic (exact) mass is 453 g/mol. The zero-order valence-corrected chi connectivity index (χ0v) is 19.4. The van der Waals surface area contributed by atoms with Crippen molar-refractivity contribution in [3.8, 4) is 11.3 Å². The van der Waals surface area contributed by atoms with Crippen LogP contribution in [0, 0.1) is 6.92 Å². The number of carbonyl (C=O) groups is 1. The number of thiophene rings is 1. The second-order valence-electron chi connectivity index (χ2n) is 7.60. The molecule has 162 valence electrons. The van der Waals surface area contributed by atoms with Crippen molar-refractivity contribution in [1.29, 1.82) is 0 Å². The molecule has 6 nitrogen and oxygen atoms in total. The summed E-state index contributed by atoms with van der Waals surface area (Å²) < 4.78 is 0. The van der Waals surface area contributed by atoms with Gasteiger partial charge in [-0.3, -0.25) is 4.79 Å². The van der Waals surface area contributed by atoms with E-state index in [0.717, 1.165) is 46.5 Å². The summed E-state index contributed by atoms with van der Waals surface area (Å²) in [5.74, 6) is 0.123. The van der Waals surface area contributed by atoms with E-state index in [1.54, 1.807) is 0 Å². The second kappa shape index (κ2) is 9.80. The third-order valence-corrected chi connectivity index (χ3v) is 7.46. The standard InChI is InChI=1S/C23H27N5OS2/c1-3-26-21(29)19-12-18-20(27-23(24)28-22(18)31-19)17-11-15(7-6-14(17)2)13-25-9-8-16-5-4-10-30-16/h4,6-7,10-12,16,25H,3,5,8-9,13H2,1-2H3,(H,26,29)(H2,24,27,28). The number of nitrogens with two attached hydrogens (primary N) is 1. The van der Waals surface area contributed by atoms with Gasteiger partial charge in [0.2, 0.25) is 5.95 Å². The Hall–Kier alpha value is -2.42. The number of aryl methyl sites for hydroxylation is 1. The minimum atomic E-state index is -0.0969. The SMILES string of the molecule is CCNC(=O)c1cc2c(-c3cc(CNCCC4CC=CS4)ccc3C)nc(N)nc2s1. The van der Waals surface area contributed by atoms with Crippen LogP contribution in [0.15, 0.2) is 35.7 Å². The molecule has 1 aliphatic rings. The predicted molar refractivity (Wildman–Crippen MR) is 131 cm³/mol. The molecule has 1 aliphatic heterocycles. The highest BCUT2D eigenvalue weighted by molar-refractivity contribution is 8.03. The van der Waals surface area contributed by atoms with E-state index in [-0.39, 0.29) is 11.9 Å². The third kappa shape index (κ3) is 5.08. The Balaban J connectivity index is 1.57. The molecule has 2 aromatic heterocycles. The van der Waals surface area contributed by atoms with Gasteiger partial charge in [0, 0.05) is 29.3 Å². The minimum absolute atomic E-state index is 0.0969. The molecular weight excluding hydrogens is 426 g/mol. The number of aromatic nitrogens is 2. The van der Waals surface area contributed by atoms with E-state index in [2.05, 4.69) is 57.2 Å². The van der Waals surface area contributed by atoms with Gasteiger partial charge in [0.05, 0.1) is 10.6 Å². The molecule has 8 heteroatoms. The highest BCUT2D eigenvalue weighted by Crippen LogP contribution is 2.34. The van der Waals surface area contributed by atoms with Gasteiger partial charge >= 0.3 is 0 Å². The number of anilines is 1. The number of benzene rings is 1. The number of nitrogens with one attached hydrogen (secondary N) is 2. The molecule has 4 N–H and O–H groups in total. The predicted octanol–water partition coefficient (Wildman–Crippen LogP) is 4.50. The van der Waals surface area contributed by atoms with Gasteiger partial charge in [0.25, 0.3) is 5.91 Å². The number of allylic oxidation sites excluding steroid dienone is 1. The molecule has 31 heavy (non-hydrogen) atoms. The van der Waals surface area contributed by atoms with Crippen molar-refractivity contribution in [3.63, 3.8) is 0 Å². The molecule has 0 spiro atoms. The summed E-state index contributed by atoms with van der Waals surface area (Å²) in [6, 6.07) is 8.30. The normalized spacial score (nSPS) is 15.6. The molecule has 1 amide bonds. The van der Waals surface area contributed by atoms with Gasteiger partial charge in [0.15, 0.2) is 0 Å². The molecule has 0 radical (unpaired) electrons. The van der Waals surface area contributed by atoms with Gasteiger partial charge in [-0.05, 0) is 61.9 Å². The number of fused-ring (bicyclic) bond motifs is 1. The van der Waals surface area contributed by atoms with Crippen LogP contribution in [0.4, 0.5) is 5.95 Å². The molecule has 0 saturated heterocycles. The molecule has 0 fully saturated rings. The Kier molecular flexibility index (Phi) is 6.89. The van der Waals surface area contributed by atoms with E-state index in [1.165, 1.54) is 23.3 Å². The molecule has 1 unspecified atom stereocenters. The zero-order chi connectivity index (χ0) is 21.8. The first-order valence-corrected chi connectivity index (χ1v) is 12.3. The second-order valence-corrected chi connectivity index (χ2v) is 9.84. The molecule has 1 aromatic carbocycles. The molecule has 3 aromatic rings. The van der Waals surface area contributed by atoms with E-state index in [9.17, 15) is 4.79 Å². The summed E-state index contributed by atoms with van der Waals surface area (Å²) in [6.07, 6.45) is 4.58. The number of carbonyl (C=O) groups excluding carboxylic acids is 1. The van der Waals surface area contributed by atoms with Crippen LogP contribution < -0.4 is 16.4 Å². The van der Waals surface area contributed by atoms with E-state index in [0.29, 0.717) is 16.7 Å².